The summed E-state index contributed by atoms with van der Waals surface area (Å²) in [5, 5.41) is 5.53. The summed E-state index contributed by atoms with van der Waals surface area (Å²) in [5.74, 6) is 1.53. The number of fused-ring (bicyclic) bond motifs is 1. The van der Waals surface area contributed by atoms with Crippen LogP contribution in [0, 0.1) is 6.92 Å². The summed E-state index contributed by atoms with van der Waals surface area (Å²) in [6, 6.07) is 13.2. The number of carbonyl (C=O) groups excluding carboxylic acids is 1. The molecule has 1 aromatic carbocycles. The summed E-state index contributed by atoms with van der Waals surface area (Å²) in [7, 11) is 0. The second kappa shape index (κ2) is 6.91. The van der Waals surface area contributed by atoms with E-state index in [9.17, 15) is 4.79 Å². The lowest BCUT2D eigenvalue weighted by molar-refractivity contribution is 0.251. The predicted molar refractivity (Wildman–Crippen MR) is 90.3 cm³/mol. The molecule has 23 heavy (non-hydrogen) atoms. The molecular formula is C17H19N5O. The van der Waals surface area contributed by atoms with Gasteiger partial charge < -0.3 is 9.88 Å². The Hall–Kier alpha value is -2.89. The van der Waals surface area contributed by atoms with Gasteiger partial charge in [-0.1, -0.05) is 18.2 Å². The van der Waals surface area contributed by atoms with Gasteiger partial charge in [-0.3, -0.25) is 5.32 Å². The smallest absolute Gasteiger partial charge is 0.320 e. The zero-order chi connectivity index (χ0) is 16.1. The van der Waals surface area contributed by atoms with Crippen molar-refractivity contribution in [2.24, 2.45) is 0 Å². The van der Waals surface area contributed by atoms with Crippen molar-refractivity contribution < 1.29 is 4.79 Å². The minimum absolute atomic E-state index is 0.240. The molecule has 0 spiro atoms. The third-order valence-electron chi connectivity index (χ3n) is 3.60. The number of hydrogen-bond acceptors (Lipinski definition) is 3. The van der Waals surface area contributed by atoms with Crippen LogP contribution in [-0.2, 0) is 6.54 Å². The van der Waals surface area contributed by atoms with Crippen molar-refractivity contribution in [3.05, 3.63) is 54.5 Å². The summed E-state index contributed by atoms with van der Waals surface area (Å²) in [6.45, 7) is 3.40. The van der Waals surface area contributed by atoms with Gasteiger partial charge in [0.1, 0.15) is 11.6 Å². The van der Waals surface area contributed by atoms with E-state index in [0.717, 1.165) is 29.8 Å². The summed E-state index contributed by atoms with van der Waals surface area (Å²) in [5.41, 5.74) is 2.13. The quantitative estimate of drug-likeness (QED) is 0.712. The number of aryl methyl sites for hydroxylation is 2. The number of pyridine rings is 1. The van der Waals surface area contributed by atoms with E-state index in [1.165, 1.54) is 0 Å². The minimum atomic E-state index is -0.240. The molecule has 3 rings (SSSR count). The number of amides is 2. The summed E-state index contributed by atoms with van der Waals surface area (Å²) in [4.78, 5) is 20.4. The molecule has 0 radical (unpaired) electrons. The fourth-order valence-corrected chi connectivity index (χ4v) is 2.51. The average molecular weight is 309 g/mol. The topological polar surface area (TPSA) is 71.8 Å². The van der Waals surface area contributed by atoms with Gasteiger partial charge in [0.05, 0.1) is 11.0 Å². The number of rotatable bonds is 5. The zero-order valence-electron chi connectivity index (χ0n) is 13.0. The van der Waals surface area contributed by atoms with Gasteiger partial charge >= 0.3 is 6.03 Å². The van der Waals surface area contributed by atoms with Gasteiger partial charge in [0.2, 0.25) is 0 Å². The van der Waals surface area contributed by atoms with Gasteiger partial charge in [-0.2, -0.15) is 0 Å². The molecule has 0 saturated heterocycles. The number of urea groups is 1. The largest absolute Gasteiger partial charge is 0.338 e. The molecule has 0 aliphatic rings. The Morgan fingerprint density at radius 1 is 1.17 bits per heavy atom. The number of hydrogen-bond donors (Lipinski definition) is 2. The lowest BCUT2D eigenvalue weighted by Gasteiger charge is -2.09. The van der Waals surface area contributed by atoms with Gasteiger partial charge in [0.25, 0.3) is 0 Å². The maximum Gasteiger partial charge on any atom is 0.320 e. The molecular weight excluding hydrogens is 290 g/mol. The number of anilines is 1. The Bertz CT molecular complexity index is 797. The third-order valence-corrected chi connectivity index (χ3v) is 3.60. The van der Waals surface area contributed by atoms with Gasteiger partial charge in [0, 0.05) is 19.3 Å². The Morgan fingerprint density at radius 3 is 2.83 bits per heavy atom. The molecule has 2 amide bonds. The number of imidazole rings is 1. The van der Waals surface area contributed by atoms with E-state index in [1.54, 1.807) is 18.3 Å². The van der Waals surface area contributed by atoms with Crippen molar-refractivity contribution in [1.82, 2.24) is 19.9 Å². The Labute approximate surface area is 134 Å². The SMILES string of the molecule is Cc1nc2ccccc2n1CCCNC(=O)Nc1ccccn1. The zero-order valence-corrected chi connectivity index (χ0v) is 13.0. The van der Waals surface area contributed by atoms with E-state index >= 15 is 0 Å². The number of nitrogens with one attached hydrogen (secondary N) is 2. The molecule has 0 unspecified atom stereocenters. The fourth-order valence-electron chi connectivity index (χ4n) is 2.51. The van der Waals surface area contributed by atoms with Crippen LogP contribution in [0.2, 0.25) is 0 Å². The number of carbonyl (C=O) groups is 1. The first-order valence-corrected chi connectivity index (χ1v) is 7.62. The van der Waals surface area contributed by atoms with E-state index in [1.807, 2.05) is 31.2 Å². The molecule has 3 aromatic rings. The van der Waals surface area contributed by atoms with Crippen molar-refractivity contribution in [3.63, 3.8) is 0 Å². The van der Waals surface area contributed by atoms with Gasteiger partial charge in [-0.25, -0.2) is 14.8 Å². The molecule has 2 heterocycles. The highest BCUT2D eigenvalue weighted by Gasteiger charge is 2.06. The molecule has 118 valence electrons. The van der Waals surface area contributed by atoms with Gasteiger partial charge in [0.15, 0.2) is 0 Å². The molecule has 0 atom stereocenters. The second-order valence-electron chi connectivity index (χ2n) is 5.25. The normalized spacial score (nSPS) is 10.7. The van der Waals surface area contributed by atoms with Crippen molar-refractivity contribution in [2.45, 2.75) is 19.9 Å². The maximum atomic E-state index is 11.8. The highest BCUT2D eigenvalue weighted by molar-refractivity contribution is 5.88. The number of aromatic nitrogens is 3. The molecule has 6 nitrogen and oxygen atoms in total. The van der Waals surface area contributed by atoms with Crippen LogP contribution in [0.15, 0.2) is 48.7 Å². The van der Waals surface area contributed by atoms with E-state index in [-0.39, 0.29) is 6.03 Å². The lowest BCUT2D eigenvalue weighted by atomic mass is 10.3. The van der Waals surface area contributed by atoms with Crippen molar-refractivity contribution in [1.29, 1.82) is 0 Å². The van der Waals surface area contributed by atoms with Crippen molar-refractivity contribution >= 4 is 22.9 Å². The Kier molecular flexibility index (Phi) is 4.52. The minimum Gasteiger partial charge on any atom is -0.338 e. The van der Waals surface area contributed by atoms with E-state index in [4.69, 9.17) is 0 Å². The third kappa shape index (κ3) is 3.66. The molecule has 0 saturated carbocycles. The molecule has 2 N–H and O–H groups in total. The number of nitrogens with zero attached hydrogens (tertiary/aromatic N) is 3. The fraction of sp³-hybridized carbons (Fsp3) is 0.235. The van der Waals surface area contributed by atoms with Gasteiger partial charge in [-0.05, 0) is 37.6 Å². The van der Waals surface area contributed by atoms with Crippen molar-refractivity contribution in [2.75, 3.05) is 11.9 Å². The van der Waals surface area contributed by atoms with E-state index in [0.29, 0.717) is 12.4 Å². The van der Waals surface area contributed by atoms with Crippen molar-refractivity contribution in [3.8, 4) is 0 Å². The molecule has 2 aromatic heterocycles. The predicted octanol–water partition coefficient (Wildman–Crippen LogP) is 2.95. The first-order valence-electron chi connectivity index (χ1n) is 7.62. The first-order chi connectivity index (χ1) is 11.2. The molecule has 0 aliphatic carbocycles. The summed E-state index contributed by atoms with van der Waals surface area (Å²) >= 11 is 0. The standard InChI is InChI=1S/C17H19N5O/c1-13-20-14-7-2-3-8-15(14)22(13)12-6-11-19-17(23)21-16-9-4-5-10-18-16/h2-5,7-10H,6,11-12H2,1H3,(H2,18,19,21,23). The van der Waals surface area contributed by atoms with Crippen LogP contribution in [0.5, 0.6) is 0 Å². The highest BCUT2D eigenvalue weighted by Crippen LogP contribution is 2.15. The summed E-state index contributed by atoms with van der Waals surface area (Å²) < 4.78 is 2.17. The van der Waals surface area contributed by atoms with Crippen LogP contribution < -0.4 is 10.6 Å². The molecule has 6 heteroatoms. The van der Waals surface area contributed by atoms with E-state index in [2.05, 4.69) is 31.2 Å². The van der Waals surface area contributed by atoms with Crippen LogP contribution in [0.1, 0.15) is 12.2 Å². The van der Waals surface area contributed by atoms with Crippen LogP contribution >= 0.6 is 0 Å². The maximum absolute atomic E-state index is 11.8. The monoisotopic (exact) mass is 309 g/mol. The molecule has 0 aliphatic heterocycles. The van der Waals surface area contributed by atoms with Crippen LogP contribution in [-0.4, -0.2) is 27.1 Å². The number of para-hydroxylation sites is 2. The summed E-state index contributed by atoms with van der Waals surface area (Å²) in [6.07, 6.45) is 2.47. The molecule has 0 bridgehead atoms. The first kappa shape index (κ1) is 15.0. The Morgan fingerprint density at radius 2 is 2.00 bits per heavy atom. The second-order valence-corrected chi connectivity index (χ2v) is 5.25. The van der Waals surface area contributed by atoms with Crippen LogP contribution in [0.3, 0.4) is 0 Å². The average Bonchev–Trinajstić information content (AvgIpc) is 2.88. The Balaban J connectivity index is 1.49. The van der Waals surface area contributed by atoms with E-state index < -0.39 is 0 Å². The lowest BCUT2D eigenvalue weighted by Crippen LogP contribution is -2.30. The highest BCUT2D eigenvalue weighted by atomic mass is 16.2. The van der Waals surface area contributed by atoms with Gasteiger partial charge in [-0.15, -0.1) is 0 Å². The molecule has 0 fully saturated rings. The van der Waals surface area contributed by atoms with Crippen LogP contribution in [0.4, 0.5) is 10.6 Å². The van der Waals surface area contributed by atoms with Crippen LogP contribution in [0.25, 0.3) is 11.0 Å². The number of benzene rings is 1.